The molecule has 0 spiro atoms. The van der Waals surface area contributed by atoms with Gasteiger partial charge in [-0.15, -0.1) is 0 Å². The molecule has 0 N–H and O–H groups in total. The molecular formula is C15H29N3O3S. The molecule has 2 rings (SSSR count). The SMILES string of the molecule is CC(C)(C)C(=O)N1CCN2[C@@H](C1)CN(S(C)(=O)=O)CC2(C)C. The highest BCUT2D eigenvalue weighted by atomic mass is 32.2. The van der Waals surface area contributed by atoms with Gasteiger partial charge in [0.25, 0.3) is 0 Å². The maximum Gasteiger partial charge on any atom is 0.228 e. The van der Waals surface area contributed by atoms with E-state index >= 15 is 0 Å². The van der Waals surface area contributed by atoms with Gasteiger partial charge in [-0.25, -0.2) is 8.42 Å². The van der Waals surface area contributed by atoms with E-state index in [4.69, 9.17) is 0 Å². The van der Waals surface area contributed by atoms with Gasteiger partial charge in [0.05, 0.1) is 6.26 Å². The third-order valence-electron chi connectivity index (χ3n) is 4.64. The first-order chi connectivity index (χ1) is 9.82. The number of fused-ring (bicyclic) bond motifs is 1. The lowest BCUT2D eigenvalue weighted by molar-refractivity contribution is -0.145. The van der Waals surface area contributed by atoms with Crippen LogP contribution in [0.15, 0.2) is 0 Å². The summed E-state index contributed by atoms with van der Waals surface area (Å²) in [5.74, 6) is 0.140. The number of carbonyl (C=O) groups is 1. The Morgan fingerprint density at radius 2 is 1.73 bits per heavy atom. The molecule has 0 saturated carbocycles. The summed E-state index contributed by atoms with van der Waals surface area (Å²) >= 11 is 0. The minimum atomic E-state index is -3.21. The number of amides is 1. The first-order valence-electron chi connectivity index (χ1n) is 7.83. The lowest BCUT2D eigenvalue weighted by Gasteiger charge is -2.55. The Bertz CT molecular complexity index is 551. The highest BCUT2D eigenvalue weighted by Crippen LogP contribution is 2.30. The quantitative estimate of drug-likeness (QED) is 0.706. The zero-order valence-corrected chi connectivity index (χ0v) is 15.4. The van der Waals surface area contributed by atoms with Gasteiger partial charge in [0, 0.05) is 49.7 Å². The van der Waals surface area contributed by atoms with Gasteiger partial charge in [0.15, 0.2) is 0 Å². The summed E-state index contributed by atoms with van der Waals surface area (Å²) in [6, 6.07) is 0.0681. The molecule has 2 saturated heterocycles. The van der Waals surface area contributed by atoms with Gasteiger partial charge in [-0.3, -0.25) is 9.69 Å². The van der Waals surface area contributed by atoms with Crippen molar-refractivity contribution in [3.63, 3.8) is 0 Å². The van der Waals surface area contributed by atoms with Crippen molar-refractivity contribution in [2.24, 2.45) is 5.41 Å². The molecule has 0 aromatic heterocycles. The van der Waals surface area contributed by atoms with Crippen LogP contribution in [0.3, 0.4) is 0 Å². The van der Waals surface area contributed by atoms with Crippen molar-refractivity contribution in [3.05, 3.63) is 0 Å². The van der Waals surface area contributed by atoms with Crippen molar-refractivity contribution in [1.82, 2.24) is 14.1 Å². The third kappa shape index (κ3) is 3.46. The fourth-order valence-corrected chi connectivity index (χ4v) is 4.54. The van der Waals surface area contributed by atoms with Crippen LogP contribution in [0, 0.1) is 5.41 Å². The molecule has 22 heavy (non-hydrogen) atoms. The molecule has 0 bridgehead atoms. The van der Waals surface area contributed by atoms with Gasteiger partial charge >= 0.3 is 0 Å². The minimum absolute atomic E-state index is 0.0681. The predicted molar refractivity (Wildman–Crippen MR) is 87.0 cm³/mol. The summed E-state index contributed by atoms with van der Waals surface area (Å²) in [4.78, 5) is 16.8. The van der Waals surface area contributed by atoms with Crippen LogP contribution in [0.4, 0.5) is 0 Å². The Kier molecular flexibility index (Phi) is 4.39. The first-order valence-corrected chi connectivity index (χ1v) is 9.68. The van der Waals surface area contributed by atoms with E-state index in [0.29, 0.717) is 19.6 Å². The molecule has 2 heterocycles. The number of sulfonamides is 1. The van der Waals surface area contributed by atoms with Crippen LogP contribution in [0.1, 0.15) is 34.6 Å². The second-order valence-electron chi connectivity index (χ2n) is 8.22. The average Bonchev–Trinajstić information content (AvgIpc) is 2.34. The highest BCUT2D eigenvalue weighted by Gasteiger charge is 2.46. The molecule has 0 radical (unpaired) electrons. The van der Waals surface area contributed by atoms with Gasteiger partial charge in [-0.2, -0.15) is 4.31 Å². The largest absolute Gasteiger partial charge is 0.339 e. The van der Waals surface area contributed by atoms with Crippen LogP contribution in [0.25, 0.3) is 0 Å². The Balaban J connectivity index is 2.20. The van der Waals surface area contributed by atoms with Crippen molar-refractivity contribution >= 4 is 15.9 Å². The van der Waals surface area contributed by atoms with E-state index in [0.717, 1.165) is 13.1 Å². The van der Waals surface area contributed by atoms with Crippen molar-refractivity contribution in [1.29, 1.82) is 0 Å². The molecule has 1 amide bonds. The normalized spacial score (nSPS) is 27.5. The van der Waals surface area contributed by atoms with Crippen LogP contribution in [0.2, 0.25) is 0 Å². The predicted octanol–water partition coefficient (Wildman–Crippen LogP) is 0.599. The Morgan fingerprint density at radius 1 is 1.14 bits per heavy atom. The molecule has 2 aliphatic heterocycles. The fourth-order valence-electron chi connectivity index (χ4n) is 3.54. The number of hydrogen-bond acceptors (Lipinski definition) is 4. The summed E-state index contributed by atoms with van der Waals surface area (Å²) in [5.41, 5.74) is -0.605. The molecule has 0 aromatic rings. The summed E-state index contributed by atoms with van der Waals surface area (Å²) < 4.78 is 25.5. The second kappa shape index (κ2) is 5.46. The standard InChI is InChI=1S/C15H29N3O3S/c1-14(2,3)13(19)16-7-8-18-12(9-16)10-17(22(6,20)21)11-15(18,4)5/h12H,7-11H2,1-6H3/t12-/m0/s1. The van der Waals surface area contributed by atoms with E-state index in [9.17, 15) is 13.2 Å². The van der Waals surface area contributed by atoms with Gasteiger partial charge in [0.1, 0.15) is 0 Å². The minimum Gasteiger partial charge on any atom is -0.339 e. The lowest BCUT2D eigenvalue weighted by atomic mass is 9.91. The molecular weight excluding hydrogens is 302 g/mol. The van der Waals surface area contributed by atoms with Crippen molar-refractivity contribution in [2.75, 3.05) is 39.0 Å². The number of piperazine rings is 2. The maximum atomic E-state index is 12.5. The summed E-state index contributed by atoms with van der Waals surface area (Å²) in [7, 11) is -3.21. The molecule has 7 heteroatoms. The number of hydrogen-bond donors (Lipinski definition) is 0. The van der Waals surface area contributed by atoms with Gasteiger partial charge in [0.2, 0.25) is 15.9 Å². The van der Waals surface area contributed by atoms with Gasteiger partial charge < -0.3 is 4.90 Å². The molecule has 0 aliphatic carbocycles. The zero-order chi connectivity index (χ0) is 16.9. The van der Waals surface area contributed by atoms with E-state index in [2.05, 4.69) is 18.7 Å². The van der Waals surface area contributed by atoms with Crippen molar-refractivity contribution in [2.45, 2.75) is 46.2 Å². The smallest absolute Gasteiger partial charge is 0.228 e. The van der Waals surface area contributed by atoms with Crippen LogP contribution in [0.5, 0.6) is 0 Å². The van der Waals surface area contributed by atoms with Crippen LogP contribution < -0.4 is 0 Å². The number of rotatable bonds is 1. The Labute approximate surface area is 134 Å². The second-order valence-corrected chi connectivity index (χ2v) is 10.2. The molecule has 6 nitrogen and oxygen atoms in total. The number of carbonyl (C=O) groups excluding carboxylic acids is 1. The molecule has 2 aliphatic rings. The zero-order valence-electron chi connectivity index (χ0n) is 14.6. The Hall–Kier alpha value is -0.660. The van der Waals surface area contributed by atoms with E-state index < -0.39 is 15.4 Å². The van der Waals surface area contributed by atoms with E-state index in [1.165, 1.54) is 6.26 Å². The average molecular weight is 331 g/mol. The molecule has 0 unspecified atom stereocenters. The van der Waals surface area contributed by atoms with Crippen LogP contribution in [-0.4, -0.2) is 79.0 Å². The van der Waals surface area contributed by atoms with Crippen molar-refractivity contribution < 1.29 is 13.2 Å². The van der Waals surface area contributed by atoms with E-state index in [1.807, 2.05) is 25.7 Å². The highest BCUT2D eigenvalue weighted by molar-refractivity contribution is 7.88. The topological polar surface area (TPSA) is 60.9 Å². The van der Waals surface area contributed by atoms with Gasteiger partial charge in [-0.05, 0) is 13.8 Å². The third-order valence-corrected chi connectivity index (χ3v) is 5.85. The maximum absolute atomic E-state index is 12.5. The summed E-state index contributed by atoms with van der Waals surface area (Å²) in [5, 5.41) is 0. The molecule has 1 atom stereocenters. The molecule has 128 valence electrons. The molecule has 0 aromatic carbocycles. The summed E-state index contributed by atoms with van der Waals surface area (Å²) in [6.45, 7) is 13.0. The fraction of sp³-hybridized carbons (Fsp3) is 0.933. The van der Waals surface area contributed by atoms with E-state index in [-0.39, 0.29) is 17.5 Å². The van der Waals surface area contributed by atoms with Crippen molar-refractivity contribution in [3.8, 4) is 0 Å². The number of nitrogens with zero attached hydrogens (tertiary/aromatic N) is 3. The lowest BCUT2D eigenvalue weighted by Crippen LogP contribution is -2.70. The first kappa shape index (κ1) is 17.7. The molecule has 2 fully saturated rings. The monoisotopic (exact) mass is 331 g/mol. The van der Waals surface area contributed by atoms with Gasteiger partial charge in [-0.1, -0.05) is 20.8 Å². The summed E-state index contributed by atoms with van der Waals surface area (Å²) in [6.07, 6.45) is 1.26. The van der Waals surface area contributed by atoms with Crippen LogP contribution >= 0.6 is 0 Å². The Morgan fingerprint density at radius 3 is 2.23 bits per heavy atom. The van der Waals surface area contributed by atoms with E-state index in [1.54, 1.807) is 4.31 Å². The van der Waals surface area contributed by atoms with Crippen LogP contribution in [-0.2, 0) is 14.8 Å².